The second-order valence-electron chi connectivity index (χ2n) is 6.13. The minimum absolute atomic E-state index is 0.000265. The number of aromatic nitrogens is 1. The number of hydrogen-bond donors (Lipinski definition) is 1. The molecule has 5 nitrogen and oxygen atoms in total. The molecular weight excluding hydrogens is 336 g/mol. The molecule has 1 fully saturated rings. The molecule has 1 N–H and O–H groups in total. The molecule has 25 heavy (non-hydrogen) atoms. The van der Waals surface area contributed by atoms with Crippen molar-refractivity contribution in [2.24, 2.45) is 0 Å². The van der Waals surface area contributed by atoms with Gasteiger partial charge in [0.05, 0.1) is 18.4 Å². The molecule has 0 bridgehead atoms. The number of anilines is 1. The summed E-state index contributed by atoms with van der Waals surface area (Å²) in [6, 6.07) is 7.88. The predicted molar refractivity (Wildman–Crippen MR) is 100 cm³/mol. The molecule has 1 aromatic carbocycles. The van der Waals surface area contributed by atoms with Crippen molar-refractivity contribution >= 4 is 22.4 Å². The Morgan fingerprint density at radius 3 is 2.96 bits per heavy atom. The van der Waals surface area contributed by atoms with Gasteiger partial charge < -0.3 is 14.8 Å². The summed E-state index contributed by atoms with van der Waals surface area (Å²) in [5.41, 5.74) is 1.88. The zero-order valence-corrected chi connectivity index (χ0v) is 15.3. The molecule has 0 saturated carbocycles. The molecule has 1 saturated heterocycles. The molecule has 6 heteroatoms. The molecular formula is C19H24N2O3S. The van der Waals surface area contributed by atoms with Crippen LogP contribution in [0.25, 0.3) is 11.3 Å². The highest BCUT2D eigenvalue weighted by Gasteiger charge is 2.17. The second-order valence-corrected chi connectivity index (χ2v) is 6.99. The van der Waals surface area contributed by atoms with Crippen LogP contribution in [0.4, 0.5) is 5.13 Å². The monoisotopic (exact) mass is 360 g/mol. The molecule has 0 spiro atoms. The lowest BCUT2D eigenvalue weighted by Crippen LogP contribution is -2.15. The fourth-order valence-corrected chi connectivity index (χ4v) is 3.49. The Kier molecular flexibility index (Phi) is 6.42. The molecule has 134 valence electrons. The van der Waals surface area contributed by atoms with E-state index in [-0.39, 0.29) is 12.0 Å². The first kappa shape index (κ1) is 17.9. The van der Waals surface area contributed by atoms with Gasteiger partial charge >= 0.3 is 0 Å². The number of nitrogens with zero attached hydrogens (tertiary/aromatic N) is 1. The third-order valence-corrected chi connectivity index (χ3v) is 4.85. The molecule has 2 heterocycles. The maximum atomic E-state index is 12.0. The quantitative estimate of drug-likeness (QED) is 0.753. The number of ether oxygens (including phenoxy) is 2. The highest BCUT2D eigenvalue weighted by atomic mass is 32.1. The lowest BCUT2D eigenvalue weighted by molar-refractivity contribution is -0.116. The van der Waals surface area contributed by atoms with Crippen LogP contribution in [0.3, 0.4) is 0 Å². The maximum Gasteiger partial charge on any atom is 0.226 e. The van der Waals surface area contributed by atoms with Gasteiger partial charge in [-0.05, 0) is 49.9 Å². The van der Waals surface area contributed by atoms with Crippen molar-refractivity contribution in [1.29, 1.82) is 0 Å². The number of amides is 1. The van der Waals surface area contributed by atoms with Crippen LogP contribution in [0.5, 0.6) is 5.75 Å². The van der Waals surface area contributed by atoms with E-state index in [1.807, 2.05) is 29.6 Å². The van der Waals surface area contributed by atoms with E-state index in [9.17, 15) is 4.79 Å². The Morgan fingerprint density at radius 2 is 2.24 bits per heavy atom. The number of nitrogens with one attached hydrogen (secondary N) is 1. The number of hydrogen-bond acceptors (Lipinski definition) is 5. The summed E-state index contributed by atoms with van der Waals surface area (Å²) in [4.78, 5) is 16.6. The average Bonchev–Trinajstić information content (AvgIpc) is 3.30. The molecule has 3 rings (SSSR count). The van der Waals surface area contributed by atoms with Gasteiger partial charge in [0, 0.05) is 24.0 Å². The zero-order chi connectivity index (χ0) is 17.5. The van der Waals surface area contributed by atoms with Crippen LogP contribution < -0.4 is 10.1 Å². The van der Waals surface area contributed by atoms with E-state index in [1.54, 1.807) is 0 Å². The minimum atomic E-state index is -0.000265. The lowest BCUT2D eigenvalue weighted by atomic mass is 10.1. The van der Waals surface area contributed by atoms with Crippen molar-refractivity contribution < 1.29 is 14.3 Å². The Bertz CT molecular complexity index is 678. The summed E-state index contributed by atoms with van der Waals surface area (Å²) in [5.74, 6) is 0.864. The predicted octanol–water partition coefficient (Wildman–Crippen LogP) is 4.50. The summed E-state index contributed by atoms with van der Waals surface area (Å²) >= 11 is 1.44. The van der Waals surface area contributed by atoms with Gasteiger partial charge in [0.1, 0.15) is 5.75 Å². The van der Waals surface area contributed by atoms with E-state index in [0.717, 1.165) is 55.9 Å². The molecule has 1 aliphatic rings. The number of carbonyl (C=O) groups is 1. The van der Waals surface area contributed by atoms with Gasteiger partial charge in [-0.25, -0.2) is 4.98 Å². The van der Waals surface area contributed by atoms with Gasteiger partial charge in [0.25, 0.3) is 0 Å². The van der Waals surface area contributed by atoms with Crippen molar-refractivity contribution in [2.75, 3.05) is 18.5 Å². The smallest absolute Gasteiger partial charge is 0.226 e. The first-order valence-electron chi connectivity index (χ1n) is 8.85. The van der Waals surface area contributed by atoms with Crippen LogP contribution in [-0.2, 0) is 9.53 Å². The van der Waals surface area contributed by atoms with E-state index >= 15 is 0 Å². The van der Waals surface area contributed by atoms with Crippen molar-refractivity contribution in [1.82, 2.24) is 4.98 Å². The fourth-order valence-electron chi connectivity index (χ4n) is 2.75. The molecule has 0 aliphatic carbocycles. The second kappa shape index (κ2) is 8.97. The topological polar surface area (TPSA) is 60.5 Å². The molecule has 1 aliphatic heterocycles. The summed E-state index contributed by atoms with van der Waals surface area (Å²) < 4.78 is 11.1. The standard InChI is InChI=1S/C19H24N2O3S/c1-2-11-23-16-7-5-14(6-8-16)17-13-25-19(20-17)21-18(22)10-9-15-4-3-12-24-15/h5-8,13,15H,2-4,9-12H2,1H3,(H,20,21,22). The Hall–Kier alpha value is -1.92. The molecule has 1 atom stereocenters. The van der Waals surface area contributed by atoms with E-state index in [2.05, 4.69) is 17.2 Å². The molecule has 1 unspecified atom stereocenters. The van der Waals surface area contributed by atoms with E-state index in [1.165, 1.54) is 11.3 Å². The van der Waals surface area contributed by atoms with Crippen molar-refractivity contribution in [3.05, 3.63) is 29.6 Å². The van der Waals surface area contributed by atoms with Crippen molar-refractivity contribution in [3.63, 3.8) is 0 Å². The SMILES string of the molecule is CCCOc1ccc(-c2csc(NC(=O)CCC3CCCO3)n2)cc1. The van der Waals surface area contributed by atoms with Gasteiger partial charge in [-0.3, -0.25) is 4.79 Å². The van der Waals surface area contributed by atoms with Crippen molar-refractivity contribution in [2.45, 2.75) is 45.1 Å². The van der Waals surface area contributed by atoms with E-state index in [4.69, 9.17) is 9.47 Å². The number of thiazole rings is 1. The van der Waals surface area contributed by atoms with Crippen LogP contribution in [0.2, 0.25) is 0 Å². The van der Waals surface area contributed by atoms with Crippen molar-refractivity contribution in [3.8, 4) is 17.0 Å². The van der Waals surface area contributed by atoms with Crippen LogP contribution in [0.15, 0.2) is 29.6 Å². The van der Waals surface area contributed by atoms with Crippen LogP contribution >= 0.6 is 11.3 Å². The lowest BCUT2D eigenvalue weighted by Gasteiger charge is -2.08. The molecule has 1 aromatic heterocycles. The third kappa shape index (κ3) is 5.28. The highest BCUT2D eigenvalue weighted by Crippen LogP contribution is 2.27. The average molecular weight is 360 g/mol. The van der Waals surface area contributed by atoms with Crippen LogP contribution in [-0.4, -0.2) is 30.2 Å². The van der Waals surface area contributed by atoms with Gasteiger partial charge in [-0.2, -0.15) is 0 Å². The van der Waals surface area contributed by atoms with Gasteiger partial charge in [0.2, 0.25) is 5.91 Å². The summed E-state index contributed by atoms with van der Waals surface area (Å²) in [6.07, 6.45) is 4.65. The third-order valence-electron chi connectivity index (χ3n) is 4.09. The number of rotatable bonds is 8. The normalized spacial score (nSPS) is 16.8. The Morgan fingerprint density at radius 1 is 1.40 bits per heavy atom. The van der Waals surface area contributed by atoms with Gasteiger partial charge in [-0.15, -0.1) is 11.3 Å². The summed E-state index contributed by atoms with van der Waals surface area (Å²) in [7, 11) is 0. The minimum Gasteiger partial charge on any atom is -0.494 e. The molecule has 0 radical (unpaired) electrons. The first-order valence-corrected chi connectivity index (χ1v) is 9.73. The van der Waals surface area contributed by atoms with Gasteiger partial charge in [0.15, 0.2) is 5.13 Å². The fraction of sp³-hybridized carbons (Fsp3) is 0.474. The van der Waals surface area contributed by atoms with Gasteiger partial charge in [-0.1, -0.05) is 6.92 Å². The largest absolute Gasteiger partial charge is 0.494 e. The van der Waals surface area contributed by atoms with E-state index < -0.39 is 0 Å². The Labute approximate surface area is 152 Å². The number of benzene rings is 1. The van der Waals surface area contributed by atoms with Crippen LogP contribution in [0, 0.1) is 0 Å². The zero-order valence-electron chi connectivity index (χ0n) is 14.5. The highest BCUT2D eigenvalue weighted by molar-refractivity contribution is 7.14. The first-order chi connectivity index (χ1) is 12.2. The maximum absolute atomic E-state index is 12.0. The Balaban J connectivity index is 1.51. The van der Waals surface area contributed by atoms with Crippen LogP contribution in [0.1, 0.15) is 39.0 Å². The van der Waals surface area contributed by atoms with E-state index in [0.29, 0.717) is 11.6 Å². The summed E-state index contributed by atoms with van der Waals surface area (Å²) in [5, 5.41) is 5.48. The molecule has 2 aromatic rings. The number of carbonyl (C=O) groups excluding carboxylic acids is 1. The molecule has 1 amide bonds. The summed E-state index contributed by atoms with van der Waals surface area (Å²) in [6.45, 7) is 3.63.